The normalized spacial score (nSPS) is 17.9. The van der Waals surface area contributed by atoms with Crippen molar-refractivity contribution in [3.63, 3.8) is 0 Å². The summed E-state index contributed by atoms with van der Waals surface area (Å²) < 4.78 is 26.7. The van der Waals surface area contributed by atoms with Crippen molar-refractivity contribution in [1.82, 2.24) is 15.5 Å². The molecule has 0 saturated carbocycles. The van der Waals surface area contributed by atoms with Crippen molar-refractivity contribution in [2.75, 3.05) is 26.7 Å². The number of hydrogen-bond donors (Lipinski definition) is 2. The SMILES string of the molecule is CCC(=O)N1CCC(NC(=NC)NCCc2cc(F)ccc2F)C1. The van der Waals surface area contributed by atoms with Crippen LogP contribution in [-0.2, 0) is 11.2 Å². The van der Waals surface area contributed by atoms with Gasteiger partial charge in [0.15, 0.2) is 5.96 Å². The first-order valence-electron chi connectivity index (χ1n) is 8.22. The second kappa shape index (κ2) is 8.61. The van der Waals surface area contributed by atoms with Gasteiger partial charge in [0, 0.05) is 39.1 Å². The van der Waals surface area contributed by atoms with Crippen LogP contribution < -0.4 is 10.6 Å². The molecule has 1 aliphatic heterocycles. The lowest BCUT2D eigenvalue weighted by Gasteiger charge is -2.18. The molecule has 0 bridgehead atoms. The Labute approximate surface area is 141 Å². The average molecular weight is 338 g/mol. The van der Waals surface area contributed by atoms with Crippen molar-refractivity contribution in [3.05, 3.63) is 35.4 Å². The van der Waals surface area contributed by atoms with Crippen LogP contribution in [0.1, 0.15) is 25.3 Å². The van der Waals surface area contributed by atoms with Crippen LogP contribution in [0.25, 0.3) is 0 Å². The smallest absolute Gasteiger partial charge is 0.222 e. The van der Waals surface area contributed by atoms with Crippen LogP contribution in [-0.4, -0.2) is 49.5 Å². The molecule has 0 spiro atoms. The molecule has 1 saturated heterocycles. The van der Waals surface area contributed by atoms with E-state index in [9.17, 15) is 13.6 Å². The van der Waals surface area contributed by atoms with Gasteiger partial charge in [-0.05, 0) is 36.6 Å². The summed E-state index contributed by atoms with van der Waals surface area (Å²) in [6.07, 6.45) is 1.74. The number of benzene rings is 1. The Morgan fingerprint density at radius 2 is 2.21 bits per heavy atom. The quantitative estimate of drug-likeness (QED) is 0.634. The van der Waals surface area contributed by atoms with Crippen LogP contribution in [0.5, 0.6) is 0 Å². The molecule has 24 heavy (non-hydrogen) atoms. The summed E-state index contributed by atoms with van der Waals surface area (Å²) >= 11 is 0. The molecule has 1 atom stereocenters. The van der Waals surface area contributed by atoms with Crippen LogP contribution in [0.15, 0.2) is 23.2 Å². The highest BCUT2D eigenvalue weighted by atomic mass is 19.1. The molecule has 1 aromatic carbocycles. The Bertz CT molecular complexity index is 606. The number of guanidine groups is 1. The maximum Gasteiger partial charge on any atom is 0.222 e. The van der Waals surface area contributed by atoms with Crippen LogP contribution in [0.3, 0.4) is 0 Å². The molecule has 1 aliphatic rings. The number of amides is 1. The Kier molecular flexibility index (Phi) is 6.52. The molecular weight excluding hydrogens is 314 g/mol. The first-order chi connectivity index (χ1) is 11.5. The van der Waals surface area contributed by atoms with Gasteiger partial charge in [0.2, 0.25) is 5.91 Å². The van der Waals surface area contributed by atoms with Crippen molar-refractivity contribution in [2.24, 2.45) is 4.99 Å². The van der Waals surface area contributed by atoms with E-state index in [-0.39, 0.29) is 11.9 Å². The molecular formula is C17H24F2N4O. The fourth-order valence-electron chi connectivity index (χ4n) is 2.77. The lowest BCUT2D eigenvalue weighted by molar-refractivity contribution is -0.129. The summed E-state index contributed by atoms with van der Waals surface area (Å²) in [6.45, 7) is 3.70. The predicted molar refractivity (Wildman–Crippen MR) is 89.8 cm³/mol. The topological polar surface area (TPSA) is 56.7 Å². The van der Waals surface area contributed by atoms with E-state index in [0.717, 1.165) is 25.1 Å². The Morgan fingerprint density at radius 3 is 2.92 bits per heavy atom. The van der Waals surface area contributed by atoms with Gasteiger partial charge in [0.25, 0.3) is 0 Å². The van der Waals surface area contributed by atoms with Crippen molar-refractivity contribution < 1.29 is 13.6 Å². The monoisotopic (exact) mass is 338 g/mol. The first-order valence-corrected chi connectivity index (χ1v) is 8.22. The zero-order valence-corrected chi connectivity index (χ0v) is 14.1. The standard InChI is InChI=1S/C17H24F2N4O/c1-3-16(24)23-9-7-14(11-23)22-17(20-2)21-8-6-12-10-13(18)4-5-15(12)19/h4-5,10,14H,3,6-9,11H2,1-2H3,(H2,20,21,22). The summed E-state index contributed by atoms with van der Waals surface area (Å²) in [7, 11) is 1.65. The molecule has 1 unspecified atom stereocenters. The van der Waals surface area contributed by atoms with E-state index < -0.39 is 11.6 Å². The third-order valence-electron chi connectivity index (χ3n) is 4.10. The van der Waals surface area contributed by atoms with Crippen molar-refractivity contribution in [3.8, 4) is 0 Å². The summed E-state index contributed by atoms with van der Waals surface area (Å²) in [6, 6.07) is 3.60. The minimum Gasteiger partial charge on any atom is -0.356 e. The molecule has 7 heteroatoms. The van der Waals surface area contributed by atoms with Crippen molar-refractivity contribution >= 4 is 11.9 Å². The van der Waals surface area contributed by atoms with E-state index in [1.165, 1.54) is 6.07 Å². The van der Waals surface area contributed by atoms with E-state index in [1.807, 2.05) is 11.8 Å². The van der Waals surface area contributed by atoms with Crippen LogP contribution in [0.4, 0.5) is 8.78 Å². The maximum absolute atomic E-state index is 13.6. The van der Waals surface area contributed by atoms with Gasteiger partial charge in [-0.2, -0.15) is 0 Å². The third kappa shape index (κ3) is 4.91. The molecule has 1 heterocycles. The molecule has 1 fully saturated rings. The van der Waals surface area contributed by atoms with Crippen molar-refractivity contribution in [2.45, 2.75) is 32.2 Å². The summed E-state index contributed by atoms with van der Waals surface area (Å²) in [5, 5.41) is 6.36. The zero-order valence-electron chi connectivity index (χ0n) is 14.1. The summed E-state index contributed by atoms with van der Waals surface area (Å²) in [5.41, 5.74) is 0.332. The van der Waals surface area contributed by atoms with E-state index >= 15 is 0 Å². The fourth-order valence-corrected chi connectivity index (χ4v) is 2.77. The fraction of sp³-hybridized carbons (Fsp3) is 0.529. The third-order valence-corrected chi connectivity index (χ3v) is 4.10. The van der Waals surface area contributed by atoms with E-state index in [0.29, 0.717) is 37.5 Å². The van der Waals surface area contributed by atoms with Gasteiger partial charge in [-0.3, -0.25) is 9.79 Å². The van der Waals surface area contributed by atoms with Crippen molar-refractivity contribution in [1.29, 1.82) is 0 Å². The molecule has 5 nitrogen and oxygen atoms in total. The highest BCUT2D eigenvalue weighted by Gasteiger charge is 2.25. The van der Waals surface area contributed by atoms with E-state index in [2.05, 4.69) is 15.6 Å². The number of likely N-dealkylation sites (tertiary alicyclic amines) is 1. The Balaban J connectivity index is 1.79. The second-order valence-electron chi connectivity index (χ2n) is 5.81. The lowest BCUT2D eigenvalue weighted by atomic mass is 10.1. The van der Waals surface area contributed by atoms with Gasteiger partial charge in [0.1, 0.15) is 11.6 Å². The molecule has 0 aromatic heterocycles. The zero-order chi connectivity index (χ0) is 17.5. The first kappa shape index (κ1) is 18.2. The molecule has 2 N–H and O–H groups in total. The minimum atomic E-state index is -0.444. The lowest BCUT2D eigenvalue weighted by Crippen LogP contribution is -2.45. The summed E-state index contributed by atoms with van der Waals surface area (Å²) in [4.78, 5) is 17.7. The number of halogens is 2. The number of carbonyl (C=O) groups excluding carboxylic acids is 1. The molecule has 1 aromatic rings. The number of rotatable bonds is 5. The Hall–Kier alpha value is -2.18. The van der Waals surface area contributed by atoms with Crippen LogP contribution >= 0.6 is 0 Å². The molecule has 2 rings (SSSR count). The van der Waals surface area contributed by atoms with Gasteiger partial charge >= 0.3 is 0 Å². The average Bonchev–Trinajstić information content (AvgIpc) is 3.04. The minimum absolute atomic E-state index is 0.151. The van der Waals surface area contributed by atoms with Gasteiger partial charge < -0.3 is 15.5 Å². The molecule has 0 aliphatic carbocycles. The predicted octanol–water partition coefficient (Wildman–Crippen LogP) is 1.68. The number of aliphatic imine (C=N–C) groups is 1. The van der Waals surface area contributed by atoms with Gasteiger partial charge in [0.05, 0.1) is 0 Å². The van der Waals surface area contributed by atoms with Gasteiger partial charge in [-0.15, -0.1) is 0 Å². The molecule has 0 radical (unpaired) electrons. The number of hydrogen-bond acceptors (Lipinski definition) is 2. The largest absolute Gasteiger partial charge is 0.356 e. The molecule has 1 amide bonds. The highest BCUT2D eigenvalue weighted by Crippen LogP contribution is 2.11. The second-order valence-corrected chi connectivity index (χ2v) is 5.81. The number of carbonyl (C=O) groups is 1. The number of nitrogens with zero attached hydrogens (tertiary/aromatic N) is 2. The number of nitrogens with one attached hydrogen (secondary N) is 2. The van der Waals surface area contributed by atoms with E-state index in [1.54, 1.807) is 7.05 Å². The van der Waals surface area contributed by atoms with Crippen LogP contribution in [0.2, 0.25) is 0 Å². The van der Waals surface area contributed by atoms with Gasteiger partial charge in [-0.25, -0.2) is 8.78 Å². The Morgan fingerprint density at radius 1 is 1.42 bits per heavy atom. The molecule has 132 valence electrons. The van der Waals surface area contributed by atoms with E-state index in [4.69, 9.17) is 0 Å². The highest BCUT2D eigenvalue weighted by molar-refractivity contribution is 5.80. The van der Waals surface area contributed by atoms with Gasteiger partial charge in [-0.1, -0.05) is 6.92 Å². The maximum atomic E-state index is 13.6. The van der Waals surface area contributed by atoms with Crippen LogP contribution in [0, 0.1) is 11.6 Å². The summed E-state index contributed by atoms with van der Waals surface area (Å²) in [5.74, 6) is -0.0994.